The predicted molar refractivity (Wildman–Crippen MR) is 136 cm³/mol. The van der Waals surface area contributed by atoms with Crippen LogP contribution in [0.25, 0.3) is 11.2 Å². The lowest BCUT2D eigenvalue weighted by molar-refractivity contribution is -0.0202. The van der Waals surface area contributed by atoms with E-state index in [-0.39, 0.29) is 23.6 Å². The highest BCUT2D eigenvalue weighted by Crippen LogP contribution is 2.31. The number of imidazole rings is 1. The van der Waals surface area contributed by atoms with Gasteiger partial charge in [0.05, 0.1) is 0 Å². The van der Waals surface area contributed by atoms with Gasteiger partial charge in [0.15, 0.2) is 11.2 Å². The van der Waals surface area contributed by atoms with Gasteiger partial charge >= 0.3 is 5.69 Å². The molecule has 1 saturated heterocycles. The third-order valence-corrected chi connectivity index (χ3v) is 6.79. The summed E-state index contributed by atoms with van der Waals surface area (Å²) in [6.07, 6.45) is 2.94. The lowest BCUT2D eigenvalue weighted by Gasteiger charge is -2.40. The van der Waals surface area contributed by atoms with Crippen molar-refractivity contribution in [1.29, 1.82) is 0 Å². The quantitative estimate of drug-likeness (QED) is 0.430. The number of aromatic nitrogens is 4. The predicted octanol–water partition coefficient (Wildman–Crippen LogP) is 3.25. The molecule has 1 atom stereocenters. The minimum atomic E-state index is -0.380. The first-order valence-electron chi connectivity index (χ1n) is 12.2. The molecule has 4 aromatic rings. The van der Waals surface area contributed by atoms with Crippen LogP contribution in [0.4, 0.5) is 0 Å². The Morgan fingerprint density at radius 2 is 1.57 bits per heavy atom. The van der Waals surface area contributed by atoms with Crippen molar-refractivity contribution in [3.8, 4) is 0 Å². The summed E-state index contributed by atoms with van der Waals surface area (Å²) in [5, 5.41) is 2.13. The van der Waals surface area contributed by atoms with Gasteiger partial charge in [0.1, 0.15) is 18.2 Å². The van der Waals surface area contributed by atoms with E-state index in [0.29, 0.717) is 17.6 Å². The topological polar surface area (TPSA) is 74.3 Å². The highest BCUT2D eigenvalue weighted by Gasteiger charge is 2.31. The smallest absolute Gasteiger partial charge is 0.332 e. The molecule has 1 unspecified atom stereocenters. The highest BCUT2D eigenvalue weighted by atomic mass is 16.5. The molecule has 0 N–H and O–H groups in total. The molecule has 1 aliphatic rings. The molecule has 35 heavy (non-hydrogen) atoms. The summed E-state index contributed by atoms with van der Waals surface area (Å²) in [5.74, 6) is 0.741. The summed E-state index contributed by atoms with van der Waals surface area (Å²) < 4.78 is 11.4. The summed E-state index contributed by atoms with van der Waals surface area (Å²) >= 11 is 0. The van der Waals surface area contributed by atoms with Gasteiger partial charge < -0.3 is 4.74 Å². The van der Waals surface area contributed by atoms with E-state index in [9.17, 15) is 9.59 Å². The third kappa shape index (κ3) is 4.08. The molecule has 3 heterocycles. The molecular weight excluding hydrogens is 442 g/mol. The average molecular weight is 474 g/mol. The molecule has 0 amide bonds. The fourth-order valence-electron chi connectivity index (χ4n) is 4.95. The Bertz CT molecular complexity index is 1400. The maximum absolute atomic E-state index is 13.3. The Labute approximate surface area is 204 Å². The zero-order chi connectivity index (χ0) is 24.5. The van der Waals surface area contributed by atoms with Gasteiger partial charge in [-0.2, -0.15) is 0 Å². The molecule has 0 saturated carbocycles. The molecule has 0 spiro atoms. The second kappa shape index (κ2) is 9.54. The monoisotopic (exact) mass is 473 g/mol. The highest BCUT2D eigenvalue weighted by molar-refractivity contribution is 5.71. The zero-order valence-corrected chi connectivity index (χ0v) is 20.4. The molecule has 2 aromatic heterocycles. The van der Waals surface area contributed by atoms with Crippen LogP contribution in [0.15, 0.2) is 70.3 Å². The number of ether oxygens (including phenoxy) is 1. The second-order valence-corrected chi connectivity index (χ2v) is 9.02. The van der Waals surface area contributed by atoms with Crippen LogP contribution in [0.5, 0.6) is 0 Å². The number of rotatable bonds is 6. The molecule has 2 aromatic carbocycles. The van der Waals surface area contributed by atoms with Crippen LogP contribution in [0.2, 0.25) is 0 Å². The van der Waals surface area contributed by atoms with Crippen molar-refractivity contribution in [2.75, 3.05) is 11.6 Å². The van der Waals surface area contributed by atoms with Crippen molar-refractivity contribution in [3.05, 3.63) is 98.5 Å². The molecule has 0 bridgehead atoms. The Balaban J connectivity index is 1.63. The van der Waals surface area contributed by atoms with Crippen LogP contribution in [-0.2, 0) is 25.3 Å². The lowest BCUT2D eigenvalue weighted by Crippen LogP contribution is -2.50. The van der Waals surface area contributed by atoms with E-state index in [1.807, 2.05) is 48.0 Å². The molecule has 1 fully saturated rings. The standard InChI is InChI=1S/C27H31N5O3/c1-4-21-28-25-23(26(33)30(3)27(34)29(25)2)32(21)31-18-12-11-17-22(31)35-24(19-13-7-5-8-14-19)20-15-9-6-10-16-20/h5-10,13-16,22,24H,4,11-12,17-18H2,1-3H3. The molecule has 5 rings (SSSR count). The van der Waals surface area contributed by atoms with E-state index in [2.05, 4.69) is 29.3 Å². The van der Waals surface area contributed by atoms with E-state index < -0.39 is 0 Å². The first-order chi connectivity index (χ1) is 17.0. The Hall–Kier alpha value is -3.65. The normalized spacial score (nSPS) is 16.3. The molecule has 1 aliphatic heterocycles. The van der Waals surface area contributed by atoms with Crippen molar-refractivity contribution in [3.63, 3.8) is 0 Å². The largest absolute Gasteiger partial charge is 0.344 e. The third-order valence-electron chi connectivity index (χ3n) is 6.79. The van der Waals surface area contributed by atoms with Crippen LogP contribution in [-0.4, -0.2) is 31.6 Å². The van der Waals surface area contributed by atoms with Gasteiger partial charge in [-0.25, -0.2) is 14.5 Å². The van der Waals surface area contributed by atoms with Crippen LogP contribution in [0, 0.1) is 0 Å². The van der Waals surface area contributed by atoms with Gasteiger partial charge in [0.2, 0.25) is 0 Å². The van der Waals surface area contributed by atoms with E-state index in [0.717, 1.165) is 47.3 Å². The van der Waals surface area contributed by atoms with Crippen molar-refractivity contribution < 1.29 is 4.74 Å². The first kappa shape index (κ1) is 23.1. The van der Waals surface area contributed by atoms with Crippen LogP contribution in [0.3, 0.4) is 0 Å². The Kier molecular flexibility index (Phi) is 6.30. The minimum absolute atomic E-state index is 0.255. The van der Waals surface area contributed by atoms with Crippen LogP contribution >= 0.6 is 0 Å². The SMILES string of the molecule is CCc1nc2c(c(=O)n(C)c(=O)n2C)n1N1CCCCC1OC(c1ccccc1)c1ccccc1. The fourth-order valence-corrected chi connectivity index (χ4v) is 4.95. The zero-order valence-electron chi connectivity index (χ0n) is 20.4. The van der Waals surface area contributed by atoms with Crippen LogP contribution < -0.4 is 16.3 Å². The van der Waals surface area contributed by atoms with Crippen molar-refractivity contribution in [1.82, 2.24) is 18.8 Å². The molecule has 8 heteroatoms. The van der Waals surface area contributed by atoms with Crippen molar-refractivity contribution in [2.24, 2.45) is 14.1 Å². The van der Waals surface area contributed by atoms with Crippen molar-refractivity contribution >= 4 is 11.2 Å². The van der Waals surface area contributed by atoms with Gasteiger partial charge in [-0.3, -0.25) is 18.9 Å². The molecular formula is C27H31N5O3. The van der Waals surface area contributed by atoms with Gasteiger partial charge in [-0.05, 0) is 30.4 Å². The van der Waals surface area contributed by atoms with E-state index >= 15 is 0 Å². The van der Waals surface area contributed by atoms with Gasteiger partial charge in [-0.1, -0.05) is 67.6 Å². The molecule has 8 nitrogen and oxygen atoms in total. The number of hydrogen-bond donors (Lipinski definition) is 0. The van der Waals surface area contributed by atoms with Crippen molar-refractivity contribution in [2.45, 2.75) is 44.9 Å². The Morgan fingerprint density at radius 3 is 2.17 bits per heavy atom. The maximum Gasteiger partial charge on any atom is 0.332 e. The number of nitrogens with zero attached hydrogens (tertiary/aromatic N) is 5. The second-order valence-electron chi connectivity index (χ2n) is 9.02. The van der Waals surface area contributed by atoms with E-state index in [1.54, 1.807) is 7.05 Å². The molecule has 182 valence electrons. The van der Waals surface area contributed by atoms with E-state index in [1.165, 1.54) is 11.6 Å². The molecule has 0 aliphatic carbocycles. The van der Waals surface area contributed by atoms with Crippen LogP contribution in [0.1, 0.15) is 49.2 Å². The average Bonchev–Trinajstić information content (AvgIpc) is 3.30. The molecule has 0 radical (unpaired) electrons. The number of aryl methyl sites for hydroxylation is 2. The fraction of sp³-hybridized carbons (Fsp3) is 0.370. The van der Waals surface area contributed by atoms with Gasteiger partial charge in [0, 0.05) is 27.1 Å². The van der Waals surface area contributed by atoms with Gasteiger partial charge in [0.25, 0.3) is 5.56 Å². The lowest BCUT2D eigenvalue weighted by atomic mass is 10.0. The first-order valence-corrected chi connectivity index (χ1v) is 12.2. The number of fused-ring (bicyclic) bond motifs is 1. The number of hydrogen-bond acceptors (Lipinski definition) is 5. The number of piperidine rings is 1. The summed E-state index contributed by atoms with van der Waals surface area (Å²) in [5.41, 5.74) is 2.25. The number of benzene rings is 2. The summed E-state index contributed by atoms with van der Waals surface area (Å²) in [6.45, 7) is 2.74. The summed E-state index contributed by atoms with van der Waals surface area (Å²) in [6, 6.07) is 20.4. The summed E-state index contributed by atoms with van der Waals surface area (Å²) in [4.78, 5) is 30.6. The van der Waals surface area contributed by atoms with E-state index in [4.69, 9.17) is 9.72 Å². The Morgan fingerprint density at radius 1 is 0.943 bits per heavy atom. The maximum atomic E-state index is 13.3. The summed E-state index contributed by atoms with van der Waals surface area (Å²) in [7, 11) is 3.17. The minimum Gasteiger partial charge on any atom is -0.344 e. The van der Waals surface area contributed by atoms with Gasteiger partial charge in [-0.15, -0.1) is 0 Å².